The minimum atomic E-state index is -0.206. The summed E-state index contributed by atoms with van der Waals surface area (Å²) >= 11 is 1.52. The standard InChI is InChI=1S/C22H20N4OS/c1-15(2)17-9-6-10-19-20(17)25-22(28-19)26(14-16-7-4-3-5-8-16)21(27)18-13-23-11-12-24-18/h3-13,15H,14H2,1-2H3. The third-order valence-corrected chi connectivity index (χ3v) is 5.55. The van der Waals surface area contributed by atoms with Gasteiger partial charge in [-0.2, -0.15) is 0 Å². The van der Waals surface area contributed by atoms with Crippen molar-refractivity contribution in [3.05, 3.63) is 83.9 Å². The Morgan fingerprint density at radius 1 is 1.07 bits per heavy atom. The number of carbonyl (C=O) groups excluding carboxylic acids is 1. The lowest BCUT2D eigenvalue weighted by molar-refractivity contribution is 0.0980. The second-order valence-electron chi connectivity index (χ2n) is 6.81. The molecule has 4 aromatic rings. The summed E-state index contributed by atoms with van der Waals surface area (Å²) in [6, 6.07) is 16.1. The van der Waals surface area contributed by atoms with Crippen molar-refractivity contribution in [1.29, 1.82) is 0 Å². The quantitative estimate of drug-likeness (QED) is 0.480. The fourth-order valence-corrected chi connectivity index (χ4v) is 4.08. The van der Waals surface area contributed by atoms with Gasteiger partial charge in [0.05, 0.1) is 23.0 Å². The Kier molecular flexibility index (Phi) is 5.12. The Morgan fingerprint density at radius 3 is 2.61 bits per heavy atom. The van der Waals surface area contributed by atoms with Gasteiger partial charge < -0.3 is 0 Å². The molecule has 0 aliphatic carbocycles. The number of fused-ring (bicyclic) bond motifs is 1. The smallest absolute Gasteiger partial charge is 0.278 e. The van der Waals surface area contributed by atoms with Crippen LogP contribution in [-0.2, 0) is 6.54 Å². The monoisotopic (exact) mass is 388 g/mol. The van der Waals surface area contributed by atoms with Crippen LogP contribution in [0.5, 0.6) is 0 Å². The number of thiazole rings is 1. The zero-order valence-electron chi connectivity index (χ0n) is 15.7. The van der Waals surface area contributed by atoms with E-state index in [-0.39, 0.29) is 5.91 Å². The molecule has 1 amide bonds. The molecule has 2 aromatic carbocycles. The van der Waals surface area contributed by atoms with E-state index in [0.29, 0.717) is 23.3 Å². The van der Waals surface area contributed by atoms with Crippen molar-refractivity contribution in [2.75, 3.05) is 4.90 Å². The number of benzene rings is 2. The predicted molar refractivity (Wildman–Crippen MR) is 113 cm³/mol. The number of para-hydroxylation sites is 1. The maximum Gasteiger partial charge on any atom is 0.280 e. The maximum absolute atomic E-state index is 13.2. The molecule has 6 heteroatoms. The number of amides is 1. The molecular weight excluding hydrogens is 368 g/mol. The van der Waals surface area contributed by atoms with Crippen LogP contribution in [-0.4, -0.2) is 20.9 Å². The normalized spacial score (nSPS) is 11.1. The minimum absolute atomic E-state index is 0.206. The molecule has 2 heterocycles. The number of nitrogens with zero attached hydrogens (tertiary/aromatic N) is 4. The number of carbonyl (C=O) groups is 1. The van der Waals surface area contributed by atoms with Crippen LogP contribution in [0.4, 0.5) is 5.13 Å². The van der Waals surface area contributed by atoms with Crippen molar-refractivity contribution in [1.82, 2.24) is 15.0 Å². The molecule has 0 bridgehead atoms. The van der Waals surface area contributed by atoms with Crippen molar-refractivity contribution in [3.63, 3.8) is 0 Å². The third kappa shape index (κ3) is 3.64. The Labute approximate surface area is 167 Å². The van der Waals surface area contributed by atoms with Gasteiger partial charge in [-0.15, -0.1) is 0 Å². The summed E-state index contributed by atoms with van der Waals surface area (Å²) in [5.74, 6) is 0.152. The van der Waals surface area contributed by atoms with Crippen LogP contribution in [0.3, 0.4) is 0 Å². The van der Waals surface area contributed by atoms with Gasteiger partial charge in [0.25, 0.3) is 5.91 Å². The highest BCUT2D eigenvalue weighted by atomic mass is 32.1. The highest BCUT2D eigenvalue weighted by molar-refractivity contribution is 7.22. The van der Waals surface area contributed by atoms with Crippen molar-refractivity contribution >= 4 is 32.6 Å². The lowest BCUT2D eigenvalue weighted by Gasteiger charge is -2.19. The average molecular weight is 388 g/mol. The van der Waals surface area contributed by atoms with Crippen LogP contribution in [0.2, 0.25) is 0 Å². The van der Waals surface area contributed by atoms with Gasteiger partial charge >= 0.3 is 0 Å². The van der Waals surface area contributed by atoms with E-state index >= 15 is 0 Å². The Morgan fingerprint density at radius 2 is 1.89 bits per heavy atom. The van der Waals surface area contributed by atoms with E-state index in [9.17, 15) is 4.79 Å². The summed E-state index contributed by atoms with van der Waals surface area (Å²) in [4.78, 5) is 28.0. The van der Waals surface area contributed by atoms with Crippen LogP contribution >= 0.6 is 11.3 Å². The lowest BCUT2D eigenvalue weighted by Crippen LogP contribution is -2.31. The summed E-state index contributed by atoms with van der Waals surface area (Å²) in [7, 11) is 0. The van der Waals surface area contributed by atoms with Crippen molar-refractivity contribution in [3.8, 4) is 0 Å². The summed E-state index contributed by atoms with van der Waals surface area (Å²) in [5.41, 5.74) is 3.49. The van der Waals surface area contributed by atoms with Crippen molar-refractivity contribution in [2.24, 2.45) is 0 Å². The van der Waals surface area contributed by atoms with Gasteiger partial charge in [-0.05, 0) is 23.1 Å². The van der Waals surface area contributed by atoms with E-state index in [0.717, 1.165) is 15.8 Å². The number of aromatic nitrogens is 3. The Hall–Kier alpha value is -3.12. The van der Waals surface area contributed by atoms with Gasteiger partial charge in [0.15, 0.2) is 5.13 Å². The molecular formula is C22H20N4OS. The Balaban J connectivity index is 1.80. The van der Waals surface area contributed by atoms with E-state index in [1.165, 1.54) is 29.3 Å². The molecule has 0 unspecified atom stereocenters. The summed E-state index contributed by atoms with van der Waals surface area (Å²) in [5, 5.41) is 0.669. The molecule has 2 aromatic heterocycles. The zero-order valence-corrected chi connectivity index (χ0v) is 16.6. The van der Waals surface area contributed by atoms with E-state index < -0.39 is 0 Å². The number of rotatable bonds is 5. The van der Waals surface area contributed by atoms with Crippen molar-refractivity contribution < 1.29 is 4.79 Å². The van der Waals surface area contributed by atoms with Gasteiger partial charge in [0, 0.05) is 12.4 Å². The van der Waals surface area contributed by atoms with Crippen LogP contribution in [0, 0.1) is 0 Å². The number of anilines is 1. The highest BCUT2D eigenvalue weighted by Gasteiger charge is 2.23. The molecule has 0 radical (unpaired) electrons. The number of hydrogen-bond donors (Lipinski definition) is 0. The van der Waals surface area contributed by atoms with Crippen molar-refractivity contribution in [2.45, 2.75) is 26.3 Å². The molecule has 0 aliphatic heterocycles. The van der Waals surface area contributed by atoms with Gasteiger partial charge in [-0.1, -0.05) is 67.6 Å². The Bertz CT molecular complexity index is 1090. The fourth-order valence-electron chi connectivity index (χ4n) is 3.08. The first-order valence-corrected chi connectivity index (χ1v) is 9.96. The second kappa shape index (κ2) is 7.86. The molecule has 0 fully saturated rings. The molecule has 5 nitrogen and oxygen atoms in total. The largest absolute Gasteiger partial charge is 0.280 e. The first-order chi connectivity index (χ1) is 13.6. The second-order valence-corrected chi connectivity index (χ2v) is 7.82. The zero-order chi connectivity index (χ0) is 19.5. The van der Waals surface area contributed by atoms with E-state index in [1.54, 1.807) is 11.1 Å². The molecule has 0 aliphatic rings. The molecule has 0 saturated carbocycles. The van der Waals surface area contributed by atoms with Crippen LogP contribution in [0.15, 0.2) is 67.1 Å². The lowest BCUT2D eigenvalue weighted by atomic mass is 10.0. The summed E-state index contributed by atoms with van der Waals surface area (Å²) < 4.78 is 1.08. The van der Waals surface area contributed by atoms with E-state index in [4.69, 9.17) is 4.98 Å². The maximum atomic E-state index is 13.2. The molecule has 28 heavy (non-hydrogen) atoms. The molecule has 4 rings (SSSR count). The fraction of sp³-hybridized carbons (Fsp3) is 0.182. The first-order valence-electron chi connectivity index (χ1n) is 9.14. The predicted octanol–water partition coefficient (Wildman–Crippen LogP) is 5.06. The van der Waals surface area contributed by atoms with Gasteiger partial charge in [0.2, 0.25) is 0 Å². The van der Waals surface area contributed by atoms with Crippen LogP contribution in [0.25, 0.3) is 10.2 Å². The summed E-state index contributed by atoms with van der Waals surface area (Å²) in [6.07, 6.45) is 4.58. The van der Waals surface area contributed by atoms with Gasteiger partial charge in [-0.25, -0.2) is 9.97 Å². The van der Waals surface area contributed by atoms with E-state index in [2.05, 4.69) is 35.9 Å². The minimum Gasteiger partial charge on any atom is -0.278 e. The first kappa shape index (κ1) is 18.3. The molecule has 140 valence electrons. The SMILES string of the molecule is CC(C)c1cccc2sc(N(Cc3ccccc3)C(=O)c3cnccn3)nc12. The third-order valence-electron chi connectivity index (χ3n) is 4.50. The van der Waals surface area contributed by atoms with Crippen LogP contribution in [0.1, 0.15) is 41.4 Å². The average Bonchev–Trinajstić information content (AvgIpc) is 3.16. The molecule has 0 N–H and O–H groups in total. The molecule has 0 atom stereocenters. The van der Waals surface area contributed by atoms with E-state index in [1.807, 2.05) is 36.4 Å². The van der Waals surface area contributed by atoms with Crippen LogP contribution < -0.4 is 4.90 Å². The molecule has 0 spiro atoms. The molecule has 0 saturated heterocycles. The summed E-state index contributed by atoms with van der Waals surface area (Å²) in [6.45, 7) is 4.73. The van der Waals surface area contributed by atoms with Gasteiger partial charge in [-0.3, -0.25) is 14.7 Å². The topological polar surface area (TPSA) is 59.0 Å². The van der Waals surface area contributed by atoms with Gasteiger partial charge in [0.1, 0.15) is 5.69 Å². The number of hydrogen-bond acceptors (Lipinski definition) is 5. The highest BCUT2D eigenvalue weighted by Crippen LogP contribution is 2.34.